The van der Waals surface area contributed by atoms with Crippen LogP contribution in [-0.2, 0) is 0 Å². The number of thiophene rings is 1. The largest absolute Gasteiger partial charge is 0.236 e. The third-order valence-corrected chi connectivity index (χ3v) is 2.05. The second-order valence-electron chi connectivity index (χ2n) is 1.97. The second-order valence-corrected chi connectivity index (χ2v) is 2.88. The highest BCUT2D eigenvalue weighted by Gasteiger charge is 1.98. The van der Waals surface area contributed by atoms with Crippen LogP contribution in [0.5, 0.6) is 0 Å². The van der Waals surface area contributed by atoms with Gasteiger partial charge in [0.05, 0.1) is 4.88 Å². The molecule has 3 heteroatoms. The summed E-state index contributed by atoms with van der Waals surface area (Å²) in [5.41, 5.74) is 0. The van der Waals surface area contributed by atoms with Crippen molar-refractivity contribution in [3.63, 3.8) is 0 Å². The molecular weight excluding hydrogens is 156 g/mol. The summed E-state index contributed by atoms with van der Waals surface area (Å²) < 4.78 is 0. The molecule has 0 saturated carbocycles. The lowest BCUT2D eigenvalue weighted by Crippen LogP contribution is -1.81. The SMILES string of the molecule is [c]1ccsc1-c1ncccn1. The first-order valence-electron chi connectivity index (χ1n) is 3.19. The molecule has 2 nitrogen and oxygen atoms in total. The number of hydrogen-bond acceptors (Lipinski definition) is 3. The van der Waals surface area contributed by atoms with E-state index in [1.54, 1.807) is 29.8 Å². The molecule has 53 valence electrons. The van der Waals surface area contributed by atoms with Crippen molar-refractivity contribution in [2.24, 2.45) is 0 Å². The van der Waals surface area contributed by atoms with Crippen molar-refractivity contribution in [1.29, 1.82) is 0 Å². The molecule has 2 rings (SSSR count). The van der Waals surface area contributed by atoms with Crippen LogP contribution in [0, 0.1) is 6.07 Å². The van der Waals surface area contributed by atoms with E-state index in [4.69, 9.17) is 0 Å². The van der Waals surface area contributed by atoms with Gasteiger partial charge in [0.2, 0.25) is 0 Å². The van der Waals surface area contributed by atoms with Crippen molar-refractivity contribution >= 4 is 11.3 Å². The Morgan fingerprint density at radius 2 is 2.09 bits per heavy atom. The minimum atomic E-state index is 0.752. The summed E-state index contributed by atoms with van der Waals surface area (Å²) in [6, 6.07) is 6.72. The Balaban J connectivity index is 2.46. The second kappa shape index (κ2) is 2.80. The first-order valence-corrected chi connectivity index (χ1v) is 4.07. The van der Waals surface area contributed by atoms with Crippen molar-refractivity contribution in [2.75, 3.05) is 0 Å². The lowest BCUT2D eigenvalue weighted by molar-refractivity contribution is 1.19. The standard InChI is InChI=1S/C8H5N2S/c1-3-7(11-6-1)8-9-4-2-5-10-8/h1-2,4-6H. The normalized spacial score (nSPS) is 9.82. The van der Waals surface area contributed by atoms with Gasteiger partial charge in [-0.25, -0.2) is 9.97 Å². The summed E-state index contributed by atoms with van der Waals surface area (Å²) in [7, 11) is 0. The highest BCUT2D eigenvalue weighted by atomic mass is 32.1. The summed E-state index contributed by atoms with van der Waals surface area (Å²) in [5, 5.41) is 1.96. The molecule has 0 atom stereocenters. The van der Waals surface area contributed by atoms with E-state index in [2.05, 4.69) is 16.0 Å². The molecular formula is C8H5N2S. The lowest BCUT2D eigenvalue weighted by atomic mass is 10.4. The van der Waals surface area contributed by atoms with Crippen LogP contribution in [0.4, 0.5) is 0 Å². The van der Waals surface area contributed by atoms with E-state index in [0.29, 0.717) is 0 Å². The van der Waals surface area contributed by atoms with Gasteiger partial charge in [-0.2, -0.15) is 0 Å². The Bertz CT molecular complexity index is 315. The lowest BCUT2D eigenvalue weighted by Gasteiger charge is -1.90. The van der Waals surface area contributed by atoms with Gasteiger partial charge in [0, 0.05) is 18.5 Å². The third-order valence-electron chi connectivity index (χ3n) is 1.24. The van der Waals surface area contributed by atoms with Gasteiger partial charge in [-0.15, -0.1) is 11.3 Å². The van der Waals surface area contributed by atoms with Crippen LogP contribution in [0.15, 0.2) is 29.9 Å². The van der Waals surface area contributed by atoms with Crippen LogP contribution in [0.3, 0.4) is 0 Å². The smallest absolute Gasteiger partial charge is 0.169 e. The van der Waals surface area contributed by atoms with E-state index in [9.17, 15) is 0 Å². The van der Waals surface area contributed by atoms with Crippen LogP contribution in [0.1, 0.15) is 0 Å². The molecule has 1 radical (unpaired) electrons. The maximum Gasteiger partial charge on any atom is 0.169 e. The van der Waals surface area contributed by atoms with Gasteiger partial charge in [0.25, 0.3) is 0 Å². The van der Waals surface area contributed by atoms with Gasteiger partial charge in [0.1, 0.15) is 0 Å². The number of rotatable bonds is 1. The van der Waals surface area contributed by atoms with Crippen molar-refractivity contribution < 1.29 is 0 Å². The van der Waals surface area contributed by atoms with E-state index >= 15 is 0 Å². The van der Waals surface area contributed by atoms with Crippen molar-refractivity contribution in [3.05, 3.63) is 36.0 Å². The Kier molecular flexibility index (Phi) is 1.65. The highest BCUT2D eigenvalue weighted by molar-refractivity contribution is 7.13. The Morgan fingerprint density at radius 3 is 2.73 bits per heavy atom. The average molecular weight is 161 g/mol. The summed E-state index contributed by atoms with van der Waals surface area (Å²) >= 11 is 1.60. The Labute approximate surface area is 68.6 Å². The molecule has 0 bridgehead atoms. The molecule has 0 aliphatic rings. The first kappa shape index (κ1) is 6.49. The van der Waals surface area contributed by atoms with Gasteiger partial charge < -0.3 is 0 Å². The molecule has 0 aromatic carbocycles. The fourth-order valence-electron chi connectivity index (χ4n) is 0.779. The van der Waals surface area contributed by atoms with Crippen LogP contribution in [-0.4, -0.2) is 9.97 Å². The summed E-state index contributed by atoms with van der Waals surface area (Å²) in [5.74, 6) is 0.752. The van der Waals surface area contributed by atoms with Crippen LogP contribution in [0.25, 0.3) is 10.7 Å². The first-order chi connectivity index (χ1) is 5.47. The molecule has 0 fully saturated rings. The van der Waals surface area contributed by atoms with E-state index in [-0.39, 0.29) is 0 Å². The van der Waals surface area contributed by atoms with Crippen LogP contribution >= 0.6 is 11.3 Å². The third kappa shape index (κ3) is 1.28. The number of aromatic nitrogens is 2. The van der Waals surface area contributed by atoms with E-state index in [0.717, 1.165) is 10.7 Å². The molecule has 2 heterocycles. The maximum atomic E-state index is 4.09. The fourth-order valence-corrected chi connectivity index (χ4v) is 1.40. The summed E-state index contributed by atoms with van der Waals surface area (Å²) in [6.07, 6.45) is 3.46. The molecule has 0 aliphatic carbocycles. The van der Waals surface area contributed by atoms with Gasteiger partial charge in [-0.05, 0) is 17.5 Å². The predicted octanol–water partition coefficient (Wildman–Crippen LogP) is 2.01. The summed E-state index contributed by atoms with van der Waals surface area (Å²) in [6.45, 7) is 0. The van der Waals surface area contributed by atoms with Crippen LogP contribution < -0.4 is 0 Å². The van der Waals surface area contributed by atoms with Gasteiger partial charge in [-0.1, -0.05) is 0 Å². The number of nitrogens with zero attached hydrogens (tertiary/aromatic N) is 2. The maximum absolute atomic E-state index is 4.09. The molecule has 2 aromatic heterocycles. The quantitative estimate of drug-likeness (QED) is 0.639. The predicted molar refractivity (Wildman–Crippen MR) is 44.2 cm³/mol. The zero-order valence-electron chi connectivity index (χ0n) is 5.69. The highest BCUT2D eigenvalue weighted by Crippen LogP contribution is 2.18. The van der Waals surface area contributed by atoms with Crippen molar-refractivity contribution in [3.8, 4) is 10.7 Å². The molecule has 0 N–H and O–H groups in total. The Morgan fingerprint density at radius 1 is 1.27 bits per heavy atom. The zero-order valence-corrected chi connectivity index (χ0v) is 6.51. The van der Waals surface area contributed by atoms with Gasteiger partial charge in [-0.3, -0.25) is 0 Å². The van der Waals surface area contributed by atoms with Crippen LogP contribution in [0.2, 0.25) is 0 Å². The average Bonchev–Trinajstić information content (AvgIpc) is 2.58. The van der Waals surface area contributed by atoms with E-state index in [1.807, 2.05) is 11.4 Å². The van der Waals surface area contributed by atoms with Crippen molar-refractivity contribution in [1.82, 2.24) is 9.97 Å². The Hall–Kier alpha value is -1.22. The molecule has 0 amide bonds. The fraction of sp³-hybridized carbons (Fsp3) is 0. The van der Waals surface area contributed by atoms with E-state index < -0.39 is 0 Å². The molecule has 0 unspecified atom stereocenters. The molecule has 11 heavy (non-hydrogen) atoms. The van der Waals surface area contributed by atoms with Gasteiger partial charge >= 0.3 is 0 Å². The minimum absolute atomic E-state index is 0.752. The van der Waals surface area contributed by atoms with Crippen molar-refractivity contribution in [2.45, 2.75) is 0 Å². The molecule has 2 aromatic rings. The minimum Gasteiger partial charge on any atom is -0.236 e. The molecule has 0 spiro atoms. The molecule has 0 saturated heterocycles. The summed E-state index contributed by atoms with van der Waals surface area (Å²) in [4.78, 5) is 9.17. The zero-order chi connectivity index (χ0) is 7.52. The monoisotopic (exact) mass is 161 g/mol. The van der Waals surface area contributed by atoms with Gasteiger partial charge in [0.15, 0.2) is 5.82 Å². The van der Waals surface area contributed by atoms with E-state index in [1.165, 1.54) is 0 Å². The number of hydrogen-bond donors (Lipinski definition) is 0. The molecule has 0 aliphatic heterocycles. The topological polar surface area (TPSA) is 25.8 Å².